The molecule has 46 heavy (non-hydrogen) atoms. The standard InChI is InChI=1S/C34H38O12/c1-37-17-11-21(39-3)29(22(12-17)40-4)27-19(35)15-25(43-7)31(33(27)45-9)32-26(44-8)16-20(36)28(34(32)46-10)30-23(41-5)13-18(38-2)14-24(30)42-6/h11-16,35-36H,1-10H3. The highest BCUT2D eigenvalue weighted by atomic mass is 16.5. The quantitative estimate of drug-likeness (QED) is 0.173. The summed E-state index contributed by atoms with van der Waals surface area (Å²) < 4.78 is 57.4. The highest BCUT2D eigenvalue weighted by molar-refractivity contribution is 6.01. The lowest BCUT2D eigenvalue weighted by Gasteiger charge is -2.25. The van der Waals surface area contributed by atoms with E-state index in [1.807, 2.05) is 0 Å². The van der Waals surface area contributed by atoms with E-state index in [9.17, 15) is 10.2 Å². The van der Waals surface area contributed by atoms with E-state index in [2.05, 4.69) is 0 Å². The van der Waals surface area contributed by atoms with E-state index in [0.29, 0.717) is 56.8 Å². The molecule has 0 aliphatic rings. The summed E-state index contributed by atoms with van der Waals surface area (Å²) in [6, 6.07) is 9.48. The average molecular weight is 639 g/mol. The molecule has 0 spiro atoms. The number of phenolic OH excluding ortho intramolecular Hbond substituents is 2. The van der Waals surface area contributed by atoms with Gasteiger partial charge in [0.15, 0.2) is 0 Å². The Balaban J connectivity index is 2.25. The van der Waals surface area contributed by atoms with Crippen molar-refractivity contribution in [1.29, 1.82) is 0 Å². The fourth-order valence-corrected chi connectivity index (χ4v) is 5.43. The second kappa shape index (κ2) is 14.1. The highest BCUT2D eigenvalue weighted by Gasteiger charge is 2.34. The van der Waals surface area contributed by atoms with Gasteiger partial charge >= 0.3 is 0 Å². The summed E-state index contributed by atoms with van der Waals surface area (Å²) in [6.07, 6.45) is 0. The van der Waals surface area contributed by atoms with E-state index in [0.717, 1.165) is 0 Å². The molecule has 12 nitrogen and oxygen atoms in total. The maximum Gasteiger partial charge on any atom is 0.142 e. The molecular weight excluding hydrogens is 600 g/mol. The number of ether oxygens (including phenoxy) is 10. The molecule has 4 aromatic carbocycles. The van der Waals surface area contributed by atoms with Crippen LogP contribution in [-0.4, -0.2) is 81.3 Å². The molecule has 246 valence electrons. The van der Waals surface area contributed by atoms with Gasteiger partial charge < -0.3 is 57.6 Å². The van der Waals surface area contributed by atoms with Gasteiger partial charge in [0.2, 0.25) is 0 Å². The zero-order chi connectivity index (χ0) is 33.7. The number of methoxy groups -OCH3 is 10. The van der Waals surface area contributed by atoms with Crippen molar-refractivity contribution in [2.45, 2.75) is 0 Å². The Bertz CT molecular complexity index is 1550. The molecule has 0 unspecified atom stereocenters. The van der Waals surface area contributed by atoms with Crippen LogP contribution >= 0.6 is 0 Å². The van der Waals surface area contributed by atoms with Crippen molar-refractivity contribution in [3.63, 3.8) is 0 Å². The predicted molar refractivity (Wildman–Crippen MR) is 172 cm³/mol. The Morgan fingerprint density at radius 3 is 0.783 bits per heavy atom. The van der Waals surface area contributed by atoms with Crippen molar-refractivity contribution in [3.05, 3.63) is 36.4 Å². The van der Waals surface area contributed by atoms with Crippen molar-refractivity contribution >= 4 is 0 Å². The molecule has 0 saturated heterocycles. The van der Waals surface area contributed by atoms with Gasteiger partial charge in [-0.2, -0.15) is 0 Å². The first-order valence-electron chi connectivity index (χ1n) is 13.8. The van der Waals surface area contributed by atoms with Crippen molar-refractivity contribution in [2.24, 2.45) is 0 Å². The second-order valence-corrected chi connectivity index (χ2v) is 9.58. The first-order chi connectivity index (χ1) is 22.2. The third-order valence-corrected chi connectivity index (χ3v) is 7.48. The lowest BCUT2D eigenvalue weighted by Crippen LogP contribution is -2.04. The van der Waals surface area contributed by atoms with Gasteiger partial charge in [0.05, 0.1) is 104 Å². The summed E-state index contributed by atoms with van der Waals surface area (Å²) in [5, 5.41) is 23.0. The Morgan fingerprint density at radius 2 is 0.565 bits per heavy atom. The van der Waals surface area contributed by atoms with Crippen LogP contribution in [0.5, 0.6) is 69.0 Å². The minimum absolute atomic E-state index is 0.153. The molecule has 0 atom stereocenters. The lowest BCUT2D eigenvalue weighted by molar-refractivity contribution is 0.370. The number of hydrogen-bond donors (Lipinski definition) is 2. The maximum absolute atomic E-state index is 11.5. The third kappa shape index (κ3) is 5.57. The fourth-order valence-electron chi connectivity index (χ4n) is 5.43. The Morgan fingerprint density at radius 1 is 0.304 bits per heavy atom. The molecule has 0 fully saturated rings. The molecule has 0 bridgehead atoms. The van der Waals surface area contributed by atoms with Crippen molar-refractivity contribution in [2.75, 3.05) is 71.1 Å². The Hall–Kier alpha value is -5.52. The van der Waals surface area contributed by atoms with Crippen LogP contribution < -0.4 is 47.4 Å². The van der Waals surface area contributed by atoms with E-state index < -0.39 is 0 Å². The molecule has 0 heterocycles. The van der Waals surface area contributed by atoms with Crippen LogP contribution in [0, 0.1) is 0 Å². The average Bonchev–Trinajstić information content (AvgIpc) is 3.09. The summed E-state index contributed by atoms with van der Waals surface area (Å²) >= 11 is 0. The first-order valence-corrected chi connectivity index (χ1v) is 13.8. The van der Waals surface area contributed by atoms with Crippen LogP contribution in [0.15, 0.2) is 36.4 Å². The fraction of sp³-hybridized carbons (Fsp3) is 0.294. The largest absolute Gasteiger partial charge is 0.507 e. The third-order valence-electron chi connectivity index (χ3n) is 7.48. The smallest absolute Gasteiger partial charge is 0.142 e. The number of rotatable bonds is 13. The number of benzene rings is 4. The van der Waals surface area contributed by atoms with Gasteiger partial charge in [-0.15, -0.1) is 0 Å². The predicted octanol–water partition coefficient (Wildman–Crippen LogP) is 6.18. The molecule has 0 aliphatic heterocycles. The molecule has 0 amide bonds. The van der Waals surface area contributed by atoms with Crippen LogP contribution in [0.2, 0.25) is 0 Å². The zero-order valence-corrected chi connectivity index (χ0v) is 27.4. The minimum Gasteiger partial charge on any atom is -0.507 e. The van der Waals surface area contributed by atoms with Crippen LogP contribution in [0.4, 0.5) is 0 Å². The lowest BCUT2D eigenvalue weighted by atomic mass is 9.90. The summed E-state index contributed by atoms with van der Waals surface area (Å²) in [7, 11) is 14.8. The summed E-state index contributed by atoms with van der Waals surface area (Å²) in [5.74, 6) is 2.58. The molecule has 2 N–H and O–H groups in total. The summed E-state index contributed by atoms with van der Waals surface area (Å²) in [4.78, 5) is 0. The molecule has 0 saturated carbocycles. The van der Waals surface area contributed by atoms with Gasteiger partial charge in [-0.3, -0.25) is 0 Å². The zero-order valence-electron chi connectivity index (χ0n) is 27.4. The molecular formula is C34H38O12. The number of aromatic hydroxyl groups is 2. The van der Waals surface area contributed by atoms with Crippen molar-refractivity contribution < 1.29 is 57.6 Å². The Labute approximate surface area is 267 Å². The highest BCUT2D eigenvalue weighted by Crippen LogP contribution is 2.61. The van der Waals surface area contributed by atoms with Gasteiger partial charge in [-0.1, -0.05) is 0 Å². The molecule has 0 aromatic heterocycles. The van der Waals surface area contributed by atoms with E-state index in [1.54, 1.807) is 24.3 Å². The monoisotopic (exact) mass is 638 g/mol. The van der Waals surface area contributed by atoms with Crippen LogP contribution in [0.3, 0.4) is 0 Å². The number of hydrogen-bond acceptors (Lipinski definition) is 12. The topological polar surface area (TPSA) is 133 Å². The van der Waals surface area contributed by atoms with Crippen molar-refractivity contribution in [1.82, 2.24) is 0 Å². The van der Waals surface area contributed by atoms with Gasteiger partial charge in [0, 0.05) is 36.4 Å². The van der Waals surface area contributed by atoms with Gasteiger partial charge in [0.25, 0.3) is 0 Å². The number of phenols is 2. The van der Waals surface area contributed by atoms with E-state index in [-0.39, 0.29) is 45.6 Å². The van der Waals surface area contributed by atoms with Crippen LogP contribution in [-0.2, 0) is 0 Å². The minimum atomic E-state index is -0.199. The van der Waals surface area contributed by atoms with E-state index >= 15 is 0 Å². The summed E-state index contributed by atoms with van der Waals surface area (Å²) in [6.45, 7) is 0. The Kier molecular flexibility index (Phi) is 10.2. The van der Waals surface area contributed by atoms with Gasteiger partial charge in [-0.25, -0.2) is 0 Å². The van der Waals surface area contributed by atoms with Crippen molar-refractivity contribution in [3.8, 4) is 102 Å². The second-order valence-electron chi connectivity index (χ2n) is 9.58. The van der Waals surface area contributed by atoms with E-state index in [1.165, 1.54) is 83.2 Å². The SMILES string of the molecule is COc1cc(OC)c(-c2c(O)cc(OC)c(-c3c(OC)cc(O)c(-c4c(OC)cc(OC)cc4OC)c3OC)c2OC)c(OC)c1. The molecule has 4 aromatic rings. The van der Waals surface area contributed by atoms with Crippen LogP contribution in [0.1, 0.15) is 0 Å². The van der Waals surface area contributed by atoms with Crippen LogP contribution in [0.25, 0.3) is 33.4 Å². The molecule has 0 aliphatic carbocycles. The first kappa shape index (κ1) is 33.4. The molecule has 12 heteroatoms. The molecule has 0 radical (unpaired) electrons. The van der Waals surface area contributed by atoms with E-state index in [4.69, 9.17) is 47.4 Å². The molecule has 4 rings (SSSR count). The van der Waals surface area contributed by atoms with Gasteiger partial charge in [-0.05, 0) is 0 Å². The van der Waals surface area contributed by atoms with Gasteiger partial charge in [0.1, 0.15) is 69.0 Å². The normalized spacial score (nSPS) is 10.6. The summed E-state index contributed by atoms with van der Waals surface area (Å²) in [5.41, 5.74) is 1.82. The maximum atomic E-state index is 11.5.